The summed E-state index contributed by atoms with van der Waals surface area (Å²) in [7, 11) is 1.31. The normalized spacial score (nSPS) is 14.2. The molecule has 0 aromatic heterocycles. The molecule has 3 nitrogen and oxygen atoms in total. The first kappa shape index (κ1) is 11.6. The van der Waals surface area contributed by atoms with Crippen molar-refractivity contribution in [1.82, 2.24) is 0 Å². The number of aryl methyl sites for hydroxylation is 1. The van der Waals surface area contributed by atoms with Gasteiger partial charge in [-0.25, -0.2) is 9.18 Å². The maximum Gasteiger partial charge on any atom is 0.337 e. The highest BCUT2D eigenvalue weighted by atomic mass is 19.1. The molecule has 1 aromatic carbocycles. The van der Waals surface area contributed by atoms with Crippen molar-refractivity contribution in [3.8, 4) is 0 Å². The van der Waals surface area contributed by atoms with Gasteiger partial charge in [0.2, 0.25) is 6.86 Å². The van der Waals surface area contributed by atoms with E-state index in [0.717, 1.165) is 17.5 Å². The largest absolute Gasteiger partial charge is 0.466 e. The van der Waals surface area contributed by atoms with Crippen molar-refractivity contribution in [2.24, 2.45) is 0 Å². The molecule has 0 aliphatic heterocycles. The molecular weight excluding hydrogens is 223 g/mol. The van der Waals surface area contributed by atoms with E-state index in [1.54, 1.807) is 0 Å². The van der Waals surface area contributed by atoms with Crippen LogP contribution in [0, 0.1) is 0 Å². The summed E-state index contributed by atoms with van der Waals surface area (Å²) in [5.74, 6) is -0.149. The first-order valence-corrected chi connectivity index (χ1v) is 5.36. The van der Waals surface area contributed by atoms with E-state index in [4.69, 9.17) is 4.74 Å². The van der Waals surface area contributed by atoms with Crippen molar-refractivity contribution in [1.29, 1.82) is 0 Å². The van der Waals surface area contributed by atoms with Crippen LogP contribution in [-0.4, -0.2) is 19.9 Å². The highest BCUT2D eigenvalue weighted by Crippen LogP contribution is 2.32. The number of hydrogen-bond donors (Lipinski definition) is 0. The molecule has 1 aliphatic carbocycles. The van der Waals surface area contributed by atoms with Crippen LogP contribution in [0.15, 0.2) is 29.8 Å². The predicted octanol–water partition coefficient (Wildman–Crippen LogP) is 2.46. The van der Waals surface area contributed by atoms with Crippen LogP contribution >= 0.6 is 0 Å². The molecule has 0 fully saturated rings. The number of rotatable bonds is 3. The predicted molar refractivity (Wildman–Crippen MR) is 60.8 cm³/mol. The van der Waals surface area contributed by atoms with Crippen LogP contribution in [0.25, 0.3) is 5.76 Å². The summed E-state index contributed by atoms with van der Waals surface area (Å²) in [5, 5.41) is 0. The molecule has 0 radical (unpaired) electrons. The van der Waals surface area contributed by atoms with Gasteiger partial charge in [-0.1, -0.05) is 24.3 Å². The lowest BCUT2D eigenvalue weighted by Crippen LogP contribution is -2.15. The molecule has 0 spiro atoms. The third kappa shape index (κ3) is 2.16. The summed E-state index contributed by atoms with van der Waals surface area (Å²) in [6.07, 6.45) is 1.25. The average molecular weight is 236 g/mol. The molecule has 0 heterocycles. The Balaban J connectivity index is 2.50. The van der Waals surface area contributed by atoms with Gasteiger partial charge in [0.05, 0.1) is 12.7 Å². The van der Waals surface area contributed by atoms with Gasteiger partial charge >= 0.3 is 5.97 Å². The second kappa shape index (κ2) is 4.99. The van der Waals surface area contributed by atoms with E-state index in [9.17, 15) is 9.18 Å². The lowest BCUT2D eigenvalue weighted by Gasteiger charge is -2.21. The van der Waals surface area contributed by atoms with Crippen molar-refractivity contribution in [2.75, 3.05) is 14.0 Å². The maximum absolute atomic E-state index is 12.4. The first-order valence-electron chi connectivity index (χ1n) is 5.36. The monoisotopic (exact) mass is 236 g/mol. The SMILES string of the molecule is COC(=O)C1=C(OCF)c2ccccc2CC1. The van der Waals surface area contributed by atoms with Crippen LogP contribution in [0.4, 0.5) is 4.39 Å². The highest BCUT2D eigenvalue weighted by molar-refractivity contribution is 5.97. The Hall–Kier alpha value is -1.84. The molecule has 0 amide bonds. The molecular formula is C13H13FO3. The van der Waals surface area contributed by atoms with Crippen molar-refractivity contribution in [3.63, 3.8) is 0 Å². The zero-order chi connectivity index (χ0) is 12.3. The molecule has 1 aliphatic rings. The number of hydrogen-bond acceptors (Lipinski definition) is 3. The second-order valence-electron chi connectivity index (χ2n) is 3.71. The van der Waals surface area contributed by atoms with Gasteiger partial charge in [-0.3, -0.25) is 0 Å². The van der Waals surface area contributed by atoms with Crippen LogP contribution in [0.5, 0.6) is 0 Å². The van der Waals surface area contributed by atoms with E-state index in [2.05, 4.69) is 4.74 Å². The van der Waals surface area contributed by atoms with E-state index in [0.29, 0.717) is 17.8 Å². The zero-order valence-electron chi connectivity index (χ0n) is 9.53. The quantitative estimate of drug-likeness (QED) is 0.756. The van der Waals surface area contributed by atoms with Crippen molar-refractivity contribution in [3.05, 3.63) is 41.0 Å². The Bertz CT molecular complexity index is 465. The summed E-state index contributed by atoms with van der Waals surface area (Å²) in [6.45, 7) is -0.954. The Morgan fingerprint density at radius 3 is 2.82 bits per heavy atom. The van der Waals surface area contributed by atoms with Gasteiger partial charge in [-0.05, 0) is 18.4 Å². The standard InChI is InChI=1S/C13H13FO3/c1-16-13(15)11-7-6-9-4-2-3-5-10(9)12(11)17-8-14/h2-5H,6-8H2,1H3. The summed E-state index contributed by atoms with van der Waals surface area (Å²) in [5.41, 5.74) is 2.24. The van der Waals surface area contributed by atoms with Crippen LogP contribution in [0.3, 0.4) is 0 Å². The van der Waals surface area contributed by atoms with Gasteiger partial charge in [0.25, 0.3) is 0 Å². The fraction of sp³-hybridized carbons (Fsp3) is 0.308. The fourth-order valence-electron chi connectivity index (χ4n) is 2.03. The van der Waals surface area contributed by atoms with Gasteiger partial charge in [0.15, 0.2) is 0 Å². The van der Waals surface area contributed by atoms with Crippen LogP contribution in [-0.2, 0) is 20.7 Å². The summed E-state index contributed by atoms with van der Waals surface area (Å²) in [4.78, 5) is 11.6. The Labute approximate surface area is 98.8 Å². The molecule has 4 heteroatoms. The molecule has 90 valence electrons. The minimum absolute atomic E-state index is 0.307. The Morgan fingerprint density at radius 2 is 2.12 bits per heavy atom. The molecule has 0 unspecified atom stereocenters. The van der Waals surface area contributed by atoms with Crippen LogP contribution in [0.2, 0.25) is 0 Å². The number of esters is 1. The zero-order valence-corrected chi connectivity index (χ0v) is 9.53. The first-order chi connectivity index (χ1) is 8.27. The molecule has 17 heavy (non-hydrogen) atoms. The Morgan fingerprint density at radius 1 is 1.35 bits per heavy atom. The van der Waals surface area contributed by atoms with E-state index in [1.807, 2.05) is 24.3 Å². The summed E-state index contributed by atoms with van der Waals surface area (Å²) in [6, 6.07) is 7.52. The van der Waals surface area contributed by atoms with Gasteiger partial charge in [0.1, 0.15) is 5.76 Å². The molecule has 0 bridgehead atoms. The van der Waals surface area contributed by atoms with E-state index >= 15 is 0 Å². The van der Waals surface area contributed by atoms with Crippen molar-refractivity contribution < 1.29 is 18.7 Å². The fourth-order valence-corrected chi connectivity index (χ4v) is 2.03. The number of methoxy groups -OCH3 is 1. The molecule has 0 saturated heterocycles. The van der Waals surface area contributed by atoms with E-state index in [-0.39, 0.29) is 0 Å². The Kier molecular flexibility index (Phi) is 3.42. The smallest absolute Gasteiger partial charge is 0.337 e. The van der Waals surface area contributed by atoms with Gasteiger partial charge in [-0.2, -0.15) is 0 Å². The van der Waals surface area contributed by atoms with Crippen molar-refractivity contribution in [2.45, 2.75) is 12.8 Å². The summed E-state index contributed by atoms with van der Waals surface area (Å²) >= 11 is 0. The van der Waals surface area contributed by atoms with Gasteiger partial charge in [-0.15, -0.1) is 0 Å². The second-order valence-corrected chi connectivity index (χ2v) is 3.71. The topological polar surface area (TPSA) is 35.5 Å². The van der Waals surface area contributed by atoms with Crippen LogP contribution < -0.4 is 0 Å². The number of halogens is 1. The number of alkyl halides is 1. The van der Waals surface area contributed by atoms with Gasteiger partial charge in [0, 0.05) is 5.56 Å². The number of carbonyl (C=O) groups is 1. The van der Waals surface area contributed by atoms with Gasteiger partial charge < -0.3 is 9.47 Å². The maximum atomic E-state index is 12.4. The van der Waals surface area contributed by atoms with Crippen molar-refractivity contribution >= 4 is 11.7 Å². The number of ether oxygens (including phenoxy) is 2. The number of fused-ring (bicyclic) bond motifs is 1. The lowest BCUT2D eigenvalue weighted by atomic mass is 9.90. The number of benzene rings is 1. The van der Waals surface area contributed by atoms with E-state index in [1.165, 1.54) is 7.11 Å². The minimum Gasteiger partial charge on any atom is -0.466 e. The third-order valence-corrected chi connectivity index (χ3v) is 2.81. The number of carbonyl (C=O) groups excluding carboxylic acids is 1. The third-order valence-electron chi connectivity index (χ3n) is 2.81. The lowest BCUT2D eigenvalue weighted by molar-refractivity contribution is -0.136. The molecule has 0 saturated carbocycles. The van der Waals surface area contributed by atoms with E-state index < -0.39 is 12.8 Å². The molecule has 2 rings (SSSR count). The molecule has 0 atom stereocenters. The average Bonchev–Trinajstić information content (AvgIpc) is 2.38. The van der Waals surface area contributed by atoms with Crippen LogP contribution in [0.1, 0.15) is 17.5 Å². The summed E-state index contributed by atoms with van der Waals surface area (Å²) < 4.78 is 22.0. The molecule has 0 N–H and O–H groups in total. The highest BCUT2D eigenvalue weighted by Gasteiger charge is 2.25. The molecule has 1 aromatic rings. The minimum atomic E-state index is -0.954.